The minimum absolute atomic E-state index is 0.0914. The van der Waals surface area contributed by atoms with Gasteiger partial charge in [0.05, 0.1) is 6.04 Å². The fourth-order valence-corrected chi connectivity index (χ4v) is 0.768. The Bertz CT molecular complexity index is 207. The van der Waals surface area contributed by atoms with Crippen molar-refractivity contribution in [3.8, 4) is 0 Å². The predicted molar refractivity (Wildman–Crippen MR) is 39.2 cm³/mol. The van der Waals surface area contributed by atoms with Crippen molar-refractivity contribution in [2.24, 2.45) is 5.84 Å². The molecule has 10 heavy (non-hydrogen) atoms. The molecular formula is C7H12N2O. The van der Waals surface area contributed by atoms with E-state index in [9.17, 15) is 0 Å². The van der Waals surface area contributed by atoms with Gasteiger partial charge in [-0.3, -0.25) is 11.3 Å². The van der Waals surface area contributed by atoms with Gasteiger partial charge in [-0.05, 0) is 26.0 Å². The molecule has 3 nitrogen and oxygen atoms in total. The third kappa shape index (κ3) is 1.37. The van der Waals surface area contributed by atoms with Gasteiger partial charge in [0.25, 0.3) is 0 Å². The predicted octanol–water partition coefficient (Wildman–Crippen LogP) is 1.11. The summed E-state index contributed by atoms with van der Waals surface area (Å²) >= 11 is 0. The number of aryl methyl sites for hydroxylation is 1. The van der Waals surface area contributed by atoms with Gasteiger partial charge in [-0.15, -0.1) is 0 Å². The summed E-state index contributed by atoms with van der Waals surface area (Å²) < 4.78 is 5.29. The summed E-state index contributed by atoms with van der Waals surface area (Å²) in [6, 6.07) is 3.93. The van der Waals surface area contributed by atoms with E-state index in [1.54, 1.807) is 0 Å². The highest BCUT2D eigenvalue weighted by atomic mass is 16.3. The number of nitrogens with two attached hydrogens (primary N) is 1. The topological polar surface area (TPSA) is 51.2 Å². The molecule has 56 valence electrons. The second kappa shape index (κ2) is 2.86. The highest BCUT2D eigenvalue weighted by molar-refractivity contribution is 5.08. The summed E-state index contributed by atoms with van der Waals surface area (Å²) in [5.74, 6) is 6.99. The van der Waals surface area contributed by atoms with E-state index in [0.29, 0.717) is 0 Å². The second-order valence-electron chi connectivity index (χ2n) is 2.34. The number of hydrazine groups is 1. The smallest absolute Gasteiger partial charge is 0.122 e. The van der Waals surface area contributed by atoms with Crippen LogP contribution in [0.25, 0.3) is 0 Å². The van der Waals surface area contributed by atoms with Gasteiger partial charge in [0, 0.05) is 0 Å². The summed E-state index contributed by atoms with van der Waals surface area (Å²) in [5, 5.41) is 0. The Hall–Kier alpha value is -0.800. The molecule has 3 heteroatoms. The summed E-state index contributed by atoms with van der Waals surface area (Å²) in [4.78, 5) is 0. The lowest BCUT2D eigenvalue weighted by molar-refractivity contribution is 0.421. The zero-order chi connectivity index (χ0) is 7.56. The molecule has 1 rings (SSSR count). The molecule has 0 unspecified atom stereocenters. The Labute approximate surface area is 60.2 Å². The van der Waals surface area contributed by atoms with Gasteiger partial charge >= 0.3 is 0 Å². The maximum absolute atomic E-state index is 5.29. The standard InChI is InChI=1S/C7H12N2O/c1-5-3-4-7(10-5)6(2)9-8/h3-4,6,9H,8H2,1-2H3/t6-/m0/s1. The summed E-state index contributed by atoms with van der Waals surface area (Å²) in [5.41, 5.74) is 2.60. The Morgan fingerprint density at radius 1 is 1.60 bits per heavy atom. The van der Waals surface area contributed by atoms with Crippen molar-refractivity contribution in [1.82, 2.24) is 5.43 Å². The zero-order valence-corrected chi connectivity index (χ0v) is 6.22. The summed E-state index contributed by atoms with van der Waals surface area (Å²) in [7, 11) is 0. The van der Waals surface area contributed by atoms with E-state index in [4.69, 9.17) is 10.3 Å². The maximum Gasteiger partial charge on any atom is 0.122 e. The van der Waals surface area contributed by atoms with Crippen molar-refractivity contribution in [3.05, 3.63) is 23.7 Å². The zero-order valence-electron chi connectivity index (χ0n) is 6.22. The fourth-order valence-electron chi connectivity index (χ4n) is 0.768. The van der Waals surface area contributed by atoms with Crippen LogP contribution in [0, 0.1) is 6.92 Å². The highest BCUT2D eigenvalue weighted by Gasteiger charge is 2.05. The van der Waals surface area contributed by atoms with E-state index in [1.807, 2.05) is 26.0 Å². The molecule has 0 fully saturated rings. The monoisotopic (exact) mass is 140 g/mol. The number of hydrogen-bond donors (Lipinski definition) is 2. The number of hydrogen-bond acceptors (Lipinski definition) is 3. The average molecular weight is 140 g/mol. The Morgan fingerprint density at radius 3 is 2.70 bits per heavy atom. The van der Waals surface area contributed by atoms with E-state index in [1.165, 1.54) is 0 Å². The second-order valence-corrected chi connectivity index (χ2v) is 2.34. The van der Waals surface area contributed by atoms with Crippen molar-refractivity contribution in [1.29, 1.82) is 0 Å². The van der Waals surface area contributed by atoms with E-state index in [-0.39, 0.29) is 6.04 Å². The molecule has 0 spiro atoms. The quantitative estimate of drug-likeness (QED) is 0.478. The SMILES string of the molecule is Cc1ccc([C@H](C)NN)o1. The molecule has 0 aromatic carbocycles. The first-order valence-corrected chi connectivity index (χ1v) is 3.26. The lowest BCUT2D eigenvalue weighted by atomic mass is 10.3. The van der Waals surface area contributed by atoms with Gasteiger partial charge in [-0.1, -0.05) is 0 Å². The average Bonchev–Trinajstić information content (AvgIpc) is 2.34. The van der Waals surface area contributed by atoms with Gasteiger partial charge in [0.1, 0.15) is 11.5 Å². The van der Waals surface area contributed by atoms with Gasteiger partial charge in [-0.25, -0.2) is 0 Å². The molecular weight excluding hydrogens is 128 g/mol. The van der Waals surface area contributed by atoms with E-state index in [2.05, 4.69) is 5.43 Å². The van der Waals surface area contributed by atoms with Crippen LogP contribution in [0.5, 0.6) is 0 Å². The van der Waals surface area contributed by atoms with Crippen LogP contribution < -0.4 is 11.3 Å². The first kappa shape index (κ1) is 7.31. The Balaban J connectivity index is 2.74. The molecule has 0 radical (unpaired) electrons. The van der Waals surface area contributed by atoms with Gasteiger partial charge < -0.3 is 4.42 Å². The van der Waals surface area contributed by atoms with Crippen LogP contribution in [0.1, 0.15) is 24.5 Å². The molecule has 0 aliphatic carbocycles. The number of rotatable bonds is 2. The Morgan fingerprint density at radius 2 is 2.30 bits per heavy atom. The number of furan rings is 1. The van der Waals surface area contributed by atoms with Crippen molar-refractivity contribution in [3.63, 3.8) is 0 Å². The van der Waals surface area contributed by atoms with Crippen molar-refractivity contribution >= 4 is 0 Å². The van der Waals surface area contributed by atoms with Crippen molar-refractivity contribution < 1.29 is 4.42 Å². The third-order valence-electron chi connectivity index (χ3n) is 1.44. The van der Waals surface area contributed by atoms with Crippen LogP contribution in [-0.4, -0.2) is 0 Å². The van der Waals surface area contributed by atoms with Crippen LogP contribution in [0.2, 0.25) is 0 Å². The molecule has 1 heterocycles. The van der Waals surface area contributed by atoms with Gasteiger partial charge in [0.15, 0.2) is 0 Å². The molecule has 0 aliphatic rings. The summed E-state index contributed by atoms with van der Waals surface area (Å²) in [6.07, 6.45) is 0. The van der Waals surface area contributed by atoms with Crippen LogP contribution in [-0.2, 0) is 0 Å². The van der Waals surface area contributed by atoms with E-state index in [0.717, 1.165) is 11.5 Å². The van der Waals surface area contributed by atoms with E-state index < -0.39 is 0 Å². The Kier molecular flexibility index (Phi) is 2.09. The van der Waals surface area contributed by atoms with Crippen LogP contribution >= 0.6 is 0 Å². The summed E-state index contributed by atoms with van der Waals surface area (Å²) in [6.45, 7) is 3.85. The lowest BCUT2D eigenvalue weighted by Gasteiger charge is -2.04. The molecule has 0 aliphatic heterocycles. The van der Waals surface area contributed by atoms with Gasteiger partial charge in [0.2, 0.25) is 0 Å². The van der Waals surface area contributed by atoms with Crippen molar-refractivity contribution in [2.75, 3.05) is 0 Å². The number of nitrogens with one attached hydrogen (secondary N) is 1. The minimum Gasteiger partial charge on any atom is -0.465 e. The molecule has 0 amide bonds. The fraction of sp³-hybridized carbons (Fsp3) is 0.429. The third-order valence-corrected chi connectivity index (χ3v) is 1.44. The first-order chi connectivity index (χ1) is 4.74. The molecule has 3 N–H and O–H groups in total. The molecule has 0 saturated heterocycles. The normalized spacial score (nSPS) is 13.5. The molecule has 1 aromatic heterocycles. The van der Waals surface area contributed by atoms with Gasteiger partial charge in [-0.2, -0.15) is 0 Å². The lowest BCUT2D eigenvalue weighted by Crippen LogP contribution is -2.25. The molecule has 0 saturated carbocycles. The van der Waals surface area contributed by atoms with E-state index >= 15 is 0 Å². The first-order valence-electron chi connectivity index (χ1n) is 3.26. The molecule has 1 aromatic rings. The van der Waals surface area contributed by atoms with Crippen LogP contribution in [0.3, 0.4) is 0 Å². The van der Waals surface area contributed by atoms with Crippen LogP contribution in [0.4, 0.5) is 0 Å². The highest BCUT2D eigenvalue weighted by Crippen LogP contribution is 2.13. The van der Waals surface area contributed by atoms with Crippen molar-refractivity contribution in [2.45, 2.75) is 19.9 Å². The molecule has 1 atom stereocenters. The largest absolute Gasteiger partial charge is 0.465 e. The van der Waals surface area contributed by atoms with Crippen LogP contribution in [0.15, 0.2) is 16.5 Å². The minimum atomic E-state index is 0.0914. The maximum atomic E-state index is 5.29. The molecule has 0 bridgehead atoms.